The van der Waals surface area contributed by atoms with Crippen molar-refractivity contribution in [3.63, 3.8) is 0 Å². The summed E-state index contributed by atoms with van der Waals surface area (Å²) in [5, 5.41) is 6.03. The van der Waals surface area contributed by atoms with Crippen molar-refractivity contribution < 1.29 is 9.53 Å². The van der Waals surface area contributed by atoms with Crippen molar-refractivity contribution in [3.8, 4) is 0 Å². The van der Waals surface area contributed by atoms with Crippen LogP contribution in [0.25, 0.3) is 0 Å². The largest absolute Gasteiger partial charge is 0.387 e. The Morgan fingerprint density at radius 3 is 2.94 bits per heavy atom. The van der Waals surface area contributed by atoms with E-state index >= 15 is 0 Å². The Kier molecular flexibility index (Phi) is 3.98. The molecule has 1 amide bonds. The van der Waals surface area contributed by atoms with E-state index < -0.39 is 0 Å². The summed E-state index contributed by atoms with van der Waals surface area (Å²) < 4.78 is 5.35. The molecule has 0 radical (unpaired) electrons. The molecule has 1 aromatic carbocycles. The maximum absolute atomic E-state index is 12.1. The first-order valence-corrected chi connectivity index (χ1v) is 5.96. The molecule has 92 valence electrons. The van der Waals surface area contributed by atoms with Crippen LogP contribution in [0.1, 0.15) is 23.2 Å². The van der Waals surface area contributed by atoms with Crippen LogP contribution in [0.5, 0.6) is 0 Å². The predicted octanol–water partition coefficient (Wildman–Crippen LogP) is 1.64. The van der Waals surface area contributed by atoms with E-state index in [9.17, 15) is 4.79 Å². The van der Waals surface area contributed by atoms with E-state index in [1.165, 1.54) is 0 Å². The fourth-order valence-corrected chi connectivity index (χ4v) is 2.02. The van der Waals surface area contributed by atoms with Gasteiger partial charge in [-0.1, -0.05) is 12.1 Å². The van der Waals surface area contributed by atoms with Crippen LogP contribution in [-0.2, 0) is 4.74 Å². The molecule has 1 saturated heterocycles. The highest BCUT2D eigenvalue weighted by atomic mass is 16.5. The number of carbonyl (C=O) groups is 1. The summed E-state index contributed by atoms with van der Waals surface area (Å²) in [7, 11) is 1.82. The first-order valence-electron chi connectivity index (χ1n) is 5.96. The molecule has 2 N–H and O–H groups in total. The zero-order valence-electron chi connectivity index (χ0n) is 10.0. The molecular formula is C13H18N2O2. The average Bonchev–Trinajstić information content (AvgIpc) is 2.40. The summed E-state index contributed by atoms with van der Waals surface area (Å²) in [6.07, 6.45) is 2.01. The zero-order chi connectivity index (χ0) is 12.1. The first-order chi connectivity index (χ1) is 8.31. The summed E-state index contributed by atoms with van der Waals surface area (Å²) in [4.78, 5) is 12.1. The standard InChI is InChI=1S/C13H18N2O2/c1-14-12-7-3-2-6-11(12)13(16)15-10-5-4-8-17-9-10/h2-3,6-7,10,14H,4-5,8-9H2,1H3,(H,15,16). The topological polar surface area (TPSA) is 50.4 Å². The van der Waals surface area contributed by atoms with Crippen LogP contribution in [0.4, 0.5) is 5.69 Å². The van der Waals surface area contributed by atoms with E-state index in [0.717, 1.165) is 25.1 Å². The molecule has 4 nitrogen and oxygen atoms in total. The van der Waals surface area contributed by atoms with Crippen LogP contribution < -0.4 is 10.6 Å². The molecule has 0 aromatic heterocycles. The predicted molar refractivity (Wildman–Crippen MR) is 67.3 cm³/mol. The minimum atomic E-state index is -0.0366. The molecule has 1 aliphatic heterocycles. The number of ether oxygens (including phenoxy) is 1. The molecule has 1 unspecified atom stereocenters. The minimum absolute atomic E-state index is 0.0366. The number of amides is 1. The Labute approximate surface area is 101 Å². The van der Waals surface area contributed by atoms with E-state index in [1.54, 1.807) is 0 Å². The van der Waals surface area contributed by atoms with Gasteiger partial charge in [0.2, 0.25) is 0 Å². The number of hydrogen-bond donors (Lipinski definition) is 2. The van der Waals surface area contributed by atoms with Gasteiger partial charge in [0.25, 0.3) is 5.91 Å². The fourth-order valence-electron chi connectivity index (χ4n) is 2.02. The van der Waals surface area contributed by atoms with E-state index in [0.29, 0.717) is 12.2 Å². The summed E-state index contributed by atoms with van der Waals surface area (Å²) in [6, 6.07) is 7.64. The lowest BCUT2D eigenvalue weighted by Gasteiger charge is -2.23. The van der Waals surface area contributed by atoms with Crippen LogP contribution in [0, 0.1) is 0 Å². The van der Waals surface area contributed by atoms with Crippen molar-refractivity contribution in [2.24, 2.45) is 0 Å². The number of benzene rings is 1. The van der Waals surface area contributed by atoms with Gasteiger partial charge in [-0.2, -0.15) is 0 Å². The van der Waals surface area contributed by atoms with Gasteiger partial charge in [-0.05, 0) is 25.0 Å². The van der Waals surface area contributed by atoms with Gasteiger partial charge in [0.05, 0.1) is 18.2 Å². The molecule has 1 fully saturated rings. The highest BCUT2D eigenvalue weighted by Gasteiger charge is 2.18. The van der Waals surface area contributed by atoms with Crippen molar-refractivity contribution in [2.45, 2.75) is 18.9 Å². The maximum atomic E-state index is 12.1. The van der Waals surface area contributed by atoms with Crippen LogP contribution in [0.3, 0.4) is 0 Å². The molecule has 1 atom stereocenters. The molecule has 2 rings (SSSR count). The van der Waals surface area contributed by atoms with Gasteiger partial charge in [0.1, 0.15) is 0 Å². The van der Waals surface area contributed by atoms with Crippen LogP contribution in [0.2, 0.25) is 0 Å². The van der Waals surface area contributed by atoms with Crippen molar-refractivity contribution in [1.82, 2.24) is 5.32 Å². The van der Waals surface area contributed by atoms with Crippen molar-refractivity contribution in [2.75, 3.05) is 25.6 Å². The second kappa shape index (κ2) is 5.68. The number of para-hydroxylation sites is 1. The molecule has 17 heavy (non-hydrogen) atoms. The summed E-state index contributed by atoms with van der Waals surface area (Å²) in [6.45, 7) is 1.42. The summed E-state index contributed by atoms with van der Waals surface area (Å²) in [5.74, 6) is -0.0366. The molecule has 4 heteroatoms. The van der Waals surface area contributed by atoms with Gasteiger partial charge in [-0.15, -0.1) is 0 Å². The van der Waals surface area contributed by atoms with Crippen LogP contribution >= 0.6 is 0 Å². The number of nitrogens with one attached hydrogen (secondary N) is 2. The maximum Gasteiger partial charge on any atom is 0.253 e. The molecular weight excluding hydrogens is 216 g/mol. The normalized spacial score (nSPS) is 19.7. The van der Waals surface area contributed by atoms with Gasteiger partial charge in [0, 0.05) is 19.3 Å². The third kappa shape index (κ3) is 2.97. The molecule has 1 aliphatic rings. The highest BCUT2D eigenvalue weighted by Crippen LogP contribution is 2.15. The Hall–Kier alpha value is -1.55. The van der Waals surface area contributed by atoms with E-state index in [4.69, 9.17) is 4.74 Å². The van der Waals surface area contributed by atoms with E-state index in [2.05, 4.69) is 10.6 Å². The zero-order valence-corrected chi connectivity index (χ0v) is 10.0. The Balaban J connectivity index is 2.03. The number of carbonyl (C=O) groups excluding carboxylic acids is 1. The first kappa shape index (κ1) is 11.9. The molecule has 1 aromatic rings. The monoisotopic (exact) mass is 234 g/mol. The molecule has 0 saturated carbocycles. The van der Waals surface area contributed by atoms with Crippen LogP contribution in [-0.4, -0.2) is 32.2 Å². The molecule has 0 aliphatic carbocycles. The van der Waals surface area contributed by atoms with Gasteiger partial charge in [0.15, 0.2) is 0 Å². The Morgan fingerprint density at radius 1 is 1.41 bits per heavy atom. The van der Waals surface area contributed by atoms with Crippen molar-refractivity contribution in [1.29, 1.82) is 0 Å². The lowest BCUT2D eigenvalue weighted by molar-refractivity contribution is 0.0624. The summed E-state index contributed by atoms with van der Waals surface area (Å²) in [5.41, 5.74) is 1.53. The number of hydrogen-bond acceptors (Lipinski definition) is 3. The minimum Gasteiger partial charge on any atom is -0.387 e. The second-order valence-corrected chi connectivity index (χ2v) is 4.18. The number of anilines is 1. The van der Waals surface area contributed by atoms with Gasteiger partial charge in [-0.25, -0.2) is 0 Å². The van der Waals surface area contributed by atoms with Crippen molar-refractivity contribution in [3.05, 3.63) is 29.8 Å². The molecule has 0 bridgehead atoms. The van der Waals surface area contributed by atoms with Gasteiger partial charge >= 0.3 is 0 Å². The van der Waals surface area contributed by atoms with Gasteiger partial charge < -0.3 is 15.4 Å². The SMILES string of the molecule is CNc1ccccc1C(=O)NC1CCCOC1. The quantitative estimate of drug-likeness (QED) is 0.836. The highest BCUT2D eigenvalue weighted by molar-refractivity contribution is 5.99. The summed E-state index contributed by atoms with van der Waals surface area (Å²) >= 11 is 0. The van der Waals surface area contributed by atoms with E-state index in [1.807, 2.05) is 31.3 Å². The Bertz CT molecular complexity index is 387. The third-order valence-corrected chi connectivity index (χ3v) is 2.94. The van der Waals surface area contributed by atoms with Gasteiger partial charge in [-0.3, -0.25) is 4.79 Å². The third-order valence-electron chi connectivity index (χ3n) is 2.94. The van der Waals surface area contributed by atoms with E-state index in [-0.39, 0.29) is 11.9 Å². The lowest BCUT2D eigenvalue weighted by atomic mass is 10.1. The number of rotatable bonds is 3. The second-order valence-electron chi connectivity index (χ2n) is 4.18. The molecule has 1 heterocycles. The average molecular weight is 234 g/mol. The lowest BCUT2D eigenvalue weighted by Crippen LogP contribution is -2.40. The Morgan fingerprint density at radius 2 is 2.24 bits per heavy atom. The fraction of sp³-hybridized carbons (Fsp3) is 0.462. The van der Waals surface area contributed by atoms with Crippen molar-refractivity contribution >= 4 is 11.6 Å². The smallest absolute Gasteiger partial charge is 0.253 e. The van der Waals surface area contributed by atoms with Crippen LogP contribution in [0.15, 0.2) is 24.3 Å². The molecule has 0 spiro atoms.